The Morgan fingerprint density at radius 1 is 1.06 bits per heavy atom. The van der Waals surface area contributed by atoms with Crippen molar-refractivity contribution in [3.05, 3.63) is 72.4 Å². The number of aromatic nitrogens is 4. The molecule has 5 rings (SSSR count). The third-order valence-electron chi connectivity index (χ3n) is 4.74. The fourth-order valence-electron chi connectivity index (χ4n) is 2.88. The van der Waals surface area contributed by atoms with Crippen molar-refractivity contribution in [1.82, 2.24) is 25.3 Å². The number of ether oxygens (including phenoxy) is 1. The van der Waals surface area contributed by atoms with E-state index in [1.165, 1.54) is 24.3 Å². The number of nitrogens with one attached hydrogen (secondary N) is 2. The summed E-state index contributed by atoms with van der Waals surface area (Å²) in [4.78, 5) is 27.7. The molecule has 1 saturated heterocycles. The molecule has 0 radical (unpaired) electrons. The molecule has 0 saturated carbocycles. The van der Waals surface area contributed by atoms with E-state index in [-0.39, 0.29) is 11.9 Å². The molecular formula is C23H21FN6O2. The van der Waals surface area contributed by atoms with Crippen LogP contribution in [0.4, 0.5) is 10.2 Å². The van der Waals surface area contributed by atoms with Gasteiger partial charge < -0.3 is 15.4 Å². The van der Waals surface area contributed by atoms with E-state index < -0.39 is 0 Å². The Hall–Kier alpha value is -3.98. The Morgan fingerprint density at radius 3 is 2.56 bits per heavy atom. The minimum absolute atomic E-state index is 0.174. The number of benzene rings is 1. The Bertz CT molecular complexity index is 1210. The summed E-state index contributed by atoms with van der Waals surface area (Å²) in [7, 11) is 1.83. The molecule has 4 aromatic rings. The number of carbonyl (C=O) groups excluding carboxylic acids is 1. The van der Waals surface area contributed by atoms with Crippen LogP contribution in [0.2, 0.25) is 0 Å². The normalized spacial score (nSPS) is 12.9. The molecule has 1 aliphatic heterocycles. The maximum Gasteiger partial charge on any atom is 0.233 e. The molecule has 4 heterocycles. The number of hydrogen-bond acceptors (Lipinski definition) is 8. The maximum atomic E-state index is 12.1. The van der Waals surface area contributed by atoms with E-state index in [9.17, 15) is 9.18 Å². The number of anilines is 1. The predicted molar refractivity (Wildman–Crippen MR) is 119 cm³/mol. The molecule has 0 bridgehead atoms. The molecule has 0 amide bonds. The summed E-state index contributed by atoms with van der Waals surface area (Å²) in [6, 6.07) is 11.2. The van der Waals surface area contributed by atoms with Gasteiger partial charge in [0, 0.05) is 43.4 Å². The first-order valence-corrected chi connectivity index (χ1v) is 9.99. The zero-order chi connectivity index (χ0) is 22.3. The van der Waals surface area contributed by atoms with Gasteiger partial charge in [-0.3, -0.25) is 9.78 Å². The van der Waals surface area contributed by atoms with Crippen molar-refractivity contribution < 1.29 is 13.9 Å². The Kier molecular flexibility index (Phi) is 6.57. The summed E-state index contributed by atoms with van der Waals surface area (Å²) in [5.74, 6) is 0.991. The minimum Gasteiger partial charge on any atom is -0.471 e. The number of halogens is 1. The monoisotopic (exact) mass is 432 g/mol. The molecule has 9 heteroatoms. The number of aldehydes is 1. The fourth-order valence-corrected chi connectivity index (χ4v) is 2.88. The quantitative estimate of drug-likeness (QED) is 0.464. The van der Waals surface area contributed by atoms with Gasteiger partial charge in [0.1, 0.15) is 29.7 Å². The lowest BCUT2D eigenvalue weighted by Gasteiger charge is -2.27. The Balaban J connectivity index is 0.000000230. The average molecular weight is 432 g/mol. The molecular weight excluding hydrogens is 411 g/mol. The van der Waals surface area contributed by atoms with Crippen molar-refractivity contribution in [3.63, 3.8) is 0 Å². The van der Waals surface area contributed by atoms with Crippen molar-refractivity contribution in [3.8, 4) is 17.3 Å². The van der Waals surface area contributed by atoms with Crippen LogP contribution in [0.3, 0.4) is 0 Å². The molecule has 0 aliphatic carbocycles. The highest BCUT2D eigenvalue weighted by Crippen LogP contribution is 2.22. The van der Waals surface area contributed by atoms with Crippen molar-refractivity contribution in [1.29, 1.82) is 0 Å². The van der Waals surface area contributed by atoms with E-state index in [0.29, 0.717) is 23.4 Å². The van der Waals surface area contributed by atoms with Crippen LogP contribution < -0.4 is 15.4 Å². The van der Waals surface area contributed by atoms with Gasteiger partial charge in [-0.25, -0.2) is 19.3 Å². The lowest BCUT2D eigenvalue weighted by atomic mass is 10.2. The van der Waals surface area contributed by atoms with Gasteiger partial charge >= 0.3 is 0 Å². The lowest BCUT2D eigenvalue weighted by molar-refractivity contribution is 0.112. The summed E-state index contributed by atoms with van der Waals surface area (Å²) >= 11 is 0. The molecule has 1 aliphatic rings. The molecule has 0 atom stereocenters. The van der Waals surface area contributed by atoms with Crippen LogP contribution in [-0.4, -0.2) is 52.5 Å². The zero-order valence-electron chi connectivity index (χ0n) is 17.3. The summed E-state index contributed by atoms with van der Waals surface area (Å²) in [6.45, 7) is 1.69. The third kappa shape index (κ3) is 5.19. The molecule has 32 heavy (non-hydrogen) atoms. The van der Waals surface area contributed by atoms with E-state index >= 15 is 0 Å². The summed E-state index contributed by atoms with van der Waals surface area (Å²) in [5.41, 5.74) is 2.81. The molecule has 162 valence electrons. The van der Waals surface area contributed by atoms with Crippen LogP contribution in [0.5, 0.6) is 5.88 Å². The summed E-state index contributed by atoms with van der Waals surface area (Å²) in [5, 5.41) is 7.16. The van der Waals surface area contributed by atoms with Gasteiger partial charge in [-0.1, -0.05) is 0 Å². The van der Waals surface area contributed by atoms with Crippen LogP contribution in [-0.2, 0) is 0 Å². The van der Waals surface area contributed by atoms with Gasteiger partial charge in [0.15, 0.2) is 0 Å². The van der Waals surface area contributed by atoms with Crippen LogP contribution in [0.15, 0.2) is 61.1 Å². The first kappa shape index (κ1) is 21.3. The second-order valence-corrected chi connectivity index (χ2v) is 7.02. The van der Waals surface area contributed by atoms with Gasteiger partial charge in [0.05, 0.1) is 23.6 Å². The van der Waals surface area contributed by atoms with Crippen molar-refractivity contribution in [2.24, 2.45) is 0 Å². The SMILES string of the molecule is CNc1cc2nc(-c3cncc(OC4CNC4)n3)ccc2cn1.O=Cc1ccc(F)cc1. The van der Waals surface area contributed by atoms with E-state index in [1.807, 2.05) is 25.2 Å². The highest BCUT2D eigenvalue weighted by molar-refractivity contribution is 5.82. The average Bonchev–Trinajstić information content (AvgIpc) is 2.82. The topological polar surface area (TPSA) is 102 Å². The van der Waals surface area contributed by atoms with Crippen LogP contribution >= 0.6 is 0 Å². The zero-order valence-corrected chi connectivity index (χ0v) is 17.3. The molecule has 3 aromatic heterocycles. The Morgan fingerprint density at radius 2 is 1.88 bits per heavy atom. The van der Waals surface area contributed by atoms with E-state index in [1.54, 1.807) is 18.6 Å². The number of hydrogen-bond donors (Lipinski definition) is 2. The van der Waals surface area contributed by atoms with Gasteiger partial charge in [-0.05, 0) is 36.4 Å². The minimum atomic E-state index is -0.319. The summed E-state index contributed by atoms with van der Waals surface area (Å²) < 4.78 is 17.9. The number of rotatable bonds is 5. The molecule has 1 fully saturated rings. The number of carbonyl (C=O) groups is 1. The number of fused-ring (bicyclic) bond motifs is 1. The van der Waals surface area contributed by atoms with Gasteiger partial charge in [-0.2, -0.15) is 0 Å². The second kappa shape index (κ2) is 9.88. The molecule has 1 aromatic carbocycles. The fraction of sp³-hybridized carbons (Fsp3) is 0.174. The van der Waals surface area contributed by atoms with Crippen LogP contribution in [0.1, 0.15) is 10.4 Å². The molecule has 8 nitrogen and oxygen atoms in total. The molecule has 0 unspecified atom stereocenters. The molecule has 2 N–H and O–H groups in total. The van der Waals surface area contributed by atoms with E-state index in [0.717, 1.165) is 35.5 Å². The maximum absolute atomic E-state index is 12.1. The van der Waals surface area contributed by atoms with Crippen molar-refractivity contribution in [2.75, 3.05) is 25.5 Å². The van der Waals surface area contributed by atoms with Crippen LogP contribution in [0, 0.1) is 5.82 Å². The van der Waals surface area contributed by atoms with Gasteiger partial charge in [0.25, 0.3) is 0 Å². The lowest BCUT2D eigenvalue weighted by Crippen LogP contribution is -2.50. The van der Waals surface area contributed by atoms with Crippen LogP contribution in [0.25, 0.3) is 22.3 Å². The third-order valence-corrected chi connectivity index (χ3v) is 4.74. The molecule has 0 spiro atoms. The van der Waals surface area contributed by atoms with E-state index in [4.69, 9.17) is 4.74 Å². The first-order valence-electron chi connectivity index (χ1n) is 9.99. The van der Waals surface area contributed by atoms with Gasteiger partial charge in [0.2, 0.25) is 5.88 Å². The largest absolute Gasteiger partial charge is 0.471 e. The second-order valence-electron chi connectivity index (χ2n) is 7.02. The highest BCUT2D eigenvalue weighted by atomic mass is 19.1. The first-order chi connectivity index (χ1) is 15.6. The van der Waals surface area contributed by atoms with E-state index in [2.05, 4.69) is 30.6 Å². The highest BCUT2D eigenvalue weighted by Gasteiger charge is 2.19. The standard InChI is InChI=1S/C16H16N6O.C7H5FO/c1-17-15-4-13-10(5-20-15)2-3-12(21-13)14-8-19-9-16(22-14)23-11-6-18-7-11;8-7-3-1-6(5-9)2-4-7/h2-5,8-9,11,18H,6-7H2,1H3,(H,17,20);1-5H. The van der Waals surface area contributed by atoms with Gasteiger partial charge in [-0.15, -0.1) is 0 Å². The summed E-state index contributed by atoms with van der Waals surface area (Å²) in [6.07, 6.45) is 5.98. The smallest absolute Gasteiger partial charge is 0.233 e. The van der Waals surface area contributed by atoms with Crippen molar-refractivity contribution in [2.45, 2.75) is 6.10 Å². The number of pyridine rings is 2. The predicted octanol–water partition coefficient (Wildman–Crippen LogP) is 3.12. The number of nitrogens with zero attached hydrogens (tertiary/aromatic N) is 4. The van der Waals surface area contributed by atoms with Crippen molar-refractivity contribution >= 4 is 23.0 Å². The Labute approximate surface area is 183 Å².